The lowest BCUT2D eigenvalue weighted by Gasteiger charge is -2.24. The zero-order valence-electron chi connectivity index (χ0n) is 15.4. The molecule has 5 heteroatoms. The highest BCUT2D eigenvalue weighted by atomic mass is 16.5. The number of aliphatic imine (C=N–C) groups is 1. The summed E-state index contributed by atoms with van der Waals surface area (Å²) < 4.78 is 11.0. The van der Waals surface area contributed by atoms with Crippen molar-refractivity contribution in [1.82, 2.24) is 10.6 Å². The molecule has 5 nitrogen and oxygen atoms in total. The second kappa shape index (κ2) is 8.92. The lowest BCUT2D eigenvalue weighted by atomic mass is 9.85. The number of hydrogen-bond acceptors (Lipinski definition) is 3. The van der Waals surface area contributed by atoms with Gasteiger partial charge in [0.1, 0.15) is 5.75 Å². The Balaban J connectivity index is 1.99. The van der Waals surface area contributed by atoms with Crippen molar-refractivity contribution < 1.29 is 9.47 Å². The van der Waals surface area contributed by atoms with Crippen LogP contribution in [0.2, 0.25) is 0 Å². The normalized spacial score (nSPS) is 18.5. The third-order valence-corrected chi connectivity index (χ3v) is 4.35. The average molecular weight is 333 g/mol. The molecule has 0 bridgehead atoms. The van der Waals surface area contributed by atoms with E-state index in [0.29, 0.717) is 12.6 Å². The fourth-order valence-corrected chi connectivity index (χ4v) is 2.77. The first-order chi connectivity index (χ1) is 11.5. The summed E-state index contributed by atoms with van der Waals surface area (Å²) in [4.78, 5) is 4.78. The van der Waals surface area contributed by atoms with Gasteiger partial charge in [0.05, 0.1) is 19.8 Å². The molecule has 0 aliphatic carbocycles. The van der Waals surface area contributed by atoms with Crippen LogP contribution in [0.15, 0.2) is 29.3 Å². The fourth-order valence-electron chi connectivity index (χ4n) is 2.77. The van der Waals surface area contributed by atoms with Crippen LogP contribution in [0.5, 0.6) is 5.75 Å². The van der Waals surface area contributed by atoms with Crippen LogP contribution in [0.1, 0.15) is 39.2 Å². The molecular formula is C19H31N3O2. The second-order valence-electron chi connectivity index (χ2n) is 6.83. The zero-order valence-corrected chi connectivity index (χ0v) is 15.4. The highest BCUT2D eigenvalue weighted by molar-refractivity contribution is 5.79. The molecule has 1 fully saturated rings. The summed E-state index contributed by atoms with van der Waals surface area (Å²) in [6.45, 7) is 9.71. The lowest BCUT2D eigenvalue weighted by Crippen LogP contribution is -2.41. The molecule has 1 saturated heterocycles. The van der Waals surface area contributed by atoms with Gasteiger partial charge in [0.25, 0.3) is 0 Å². The number of hydrogen-bond donors (Lipinski definition) is 2. The Hall–Kier alpha value is -1.75. The van der Waals surface area contributed by atoms with Crippen LogP contribution in [0, 0.1) is 0 Å². The maximum atomic E-state index is 5.66. The number of rotatable bonds is 7. The van der Waals surface area contributed by atoms with Crippen LogP contribution in [0.3, 0.4) is 0 Å². The Morgan fingerprint density at radius 3 is 2.88 bits per heavy atom. The minimum atomic E-state index is -0.0687. The van der Waals surface area contributed by atoms with E-state index in [4.69, 9.17) is 14.5 Å². The maximum absolute atomic E-state index is 5.66. The summed E-state index contributed by atoms with van der Waals surface area (Å²) in [7, 11) is 1.70. The van der Waals surface area contributed by atoms with Crippen molar-refractivity contribution in [3.63, 3.8) is 0 Å². The Morgan fingerprint density at radius 2 is 2.21 bits per heavy atom. The third kappa shape index (κ3) is 5.41. The van der Waals surface area contributed by atoms with Gasteiger partial charge in [0, 0.05) is 25.1 Å². The van der Waals surface area contributed by atoms with E-state index in [1.165, 1.54) is 5.56 Å². The molecule has 24 heavy (non-hydrogen) atoms. The predicted molar refractivity (Wildman–Crippen MR) is 99.0 cm³/mol. The summed E-state index contributed by atoms with van der Waals surface area (Å²) >= 11 is 0. The smallest absolute Gasteiger partial charge is 0.191 e. The Kier molecular flexibility index (Phi) is 6.91. The predicted octanol–water partition coefficient (Wildman–Crippen LogP) is 2.71. The average Bonchev–Trinajstić information content (AvgIpc) is 3.11. The van der Waals surface area contributed by atoms with E-state index in [2.05, 4.69) is 43.5 Å². The van der Waals surface area contributed by atoms with E-state index in [1.807, 2.05) is 12.1 Å². The van der Waals surface area contributed by atoms with Crippen molar-refractivity contribution in [2.75, 3.05) is 33.4 Å². The van der Waals surface area contributed by atoms with Gasteiger partial charge < -0.3 is 20.1 Å². The SMILES string of the molecule is CCNC(=NCC(C)(C)c1cccc(OC)c1)NCC1CCCO1. The van der Waals surface area contributed by atoms with E-state index < -0.39 is 0 Å². The molecule has 0 spiro atoms. The maximum Gasteiger partial charge on any atom is 0.191 e. The second-order valence-corrected chi connectivity index (χ2v) is 6.83. The summed E-state index contributed by atoms with van der Waals surface area (Å²) in [6.07, 6.45) is 2.59. The lowest BCUT2D eigenvalue weighted by molar-refractivity contribution is 0.114. The van der Waals surface area contributed by atoms with Crippen molar-refractivity contribution >= 4 is 5.96 Å². The van der Waals surface area contributed by atoms with Gasteiger partial charge in [0.15, 0.2) is 5.96 Å². The van der Waals surface area contributed by atoms with Crippen molar-refractivity contribution in [1.29, 1.82) is 0 Å². The van der Waals surface area contributed by atoms with Gasteiger partial charge in [-0.3, -0.25) is 4.99 Å². The van der Waals surface area contributed by atoms with E-state index in [-0.39, 0.29) is 5.41 Å². The molecule has 1 unspecified atom stereocenters. The van der Waals surface area contributed by atoms with Crippen molar-refractivity contribution in [2.24, 2.45) is 4.99 Å². The molecule has 1 aliphatic heterocycles. The van der Waals surface area contributed by atoms with Gasteiger partial charge in [-0.1, -0.05) is 26.0 Å². The number of ether oxygens (including phenoxy) is 2. The number of methoxy groups -OCH3 is 1. The summed E-state index contributed by atoms with van der Waals surface area (Å²) in [5, 5.41) is 6.71. The van der Waals surface area contributed by atoms with Crippen molar-refractivity contribution in [3.05, 3.63) is 29.8 Å². The van der Waals surface area contributed by atoms with Crippen LogP contribution >= 0.6 is 0 Å². The van der Waals surface area contributed by atoms with Gasteiger partial charge in [-0.05, 0) is 37.5 Å². The molecule has 1 aliphatic rings. The first-order valence-corrected chi connectivity index (χ1v) is 8.83. The van der Waals surface area contributed by atoms with Crippen LogP contribution in [0.4, 0.5) is 0 Å². The molecule has 1 aromatic carbocycles. The minimum Gasteiger partial charge on any atom is -0.497 e. The van der Waals surface area contributed by atoms with E-state index in [9.17, 15) is 0 Å². The Bertz CT molecular complexity index is 537. The first-order valence-electron chi connectivity index (χ1n) is 8.83. The van der Waals surface area contributed by atoms with Crippen LogP contribution < -0.4 is 15.4 Å². The highest BCUT2D eigenvalue weighted by Crippen LogP contribution is 2.26. The molecule has 134 valence electrons. The minimum absolute atomic E-state index is 0.0687. The fraction of sp³-hybridized carbons (Fsp3) is 0.632. The number of nitrogens with zero attached hydrogens (tertiary/aromatic N) is 1. The van der Waals surface area contributed by atoms with E-state index in [0.717, 1.165) is 44.2 Å². The standard InChI is InChI=1S/C19H31N3O2/c1-5-20-18(21-13-17-10-7-11-24-17)22-14-19(2,3)15-8-6-9-16(12-15)23-4/h6,8-9,12,17H,5,7,10-11,13-14H2,1-4H3,(H2,20,21,22). The van der Waals surface area contributed by atoms with Crippen LogP contribution in [-0.2, 0) is 10.2 Å². The molecule has 0 radical (unpaired) electrons. The molecule has 1 aromatic rings. The van der Waals surface area contributed by atoms with E-state index in [1.54, 1.807) is 7.11 Å². The van der Waals surface area contributed by atoms with Crippen LogP contribution in [0.25, 0.3) is 0 Å². The van der Waals surface area contributed by atoms with E-state index >= 15 is 0 Å². The quantitative estimate of drug-likeness (QED) is 0.595. The largest absolute Gasteiger partial charge is 0.497 e. The number of benzene rings is 1. The number of nitrogens with one attached hydrogen (secondary N) is 2. The van der Waals surface area contributed by atoms with Gasteiger partial charge in [0.2, 0.25) is 0 Å². The summed E-state index contributed by atoms with van der Waals surface area (Å²) in [6, 6.07) is 8.21. The first kappa shape index (κ1) is 18.6. The zero-order chi connectivity index (χ0) is 17.4. The summed E-state index contributed by atoms with van der Waals surface area (Å²) in [5.74, 6) is 1.73. The number of guanidine groups is 1. The molecule has 0 amide bonds. The van der Waals surface area contributed by atoms with Gasteiger partial charge in [-0.25, -0.2) is 0 Å². The topological polar surface area (TPSA) is 54.9 Å². The molecule has 1 atom stereocenters. The van der Waals surface area contributed by atoms with Gasteiger partial charge in [-0.15, -0.1) is 0 Å². The summed E-state index contributed by atoms with van der Waals surface area (Å²) in [5.41, 5.74) is 1.15. The molecular weight excluding hydrogens is 302 g/mol. The van der Waals surface area contributed by atoms with Gasteiger partial charge >= 0.3 is 0 Å². The molecule has 0 saturated carbocycles. The monoisotopic (exact) mass is 333 g/mol. The van der Waals surface area contributed by atoms with Gasteiger partial charge in [-0.2, -0.15) is 0 Å². The molecule has 0 aromatic heterocycles. The molecule has 1 heterocycles. The molecule has 2 N–H and O–H groups in total. The van der Waals surface area contributed by atoms with Crippen molar-refractivity contribution in [2.45, 2.75) is 45.1 Å². The van der Waals surface area contributed by atoms with Crippen LogP contribution in [-0.4, -0.2) is 45.4 Å². The molecule has 2 rings (SSSR count). The highest BCUT2D eigenvalue weighted by Gasteiger charge is 2.21. The van der Waals surface area contributed by atoms with Crippen molar-refractivity contribution in [3.8, 4) is 5.75 Å². The Labute approximate surface area is 145 Å². The Morgan fingerprint density at radius 1 is 1.38 bits per heavy atom. The third-order valence-electron chi connectivity index (χ3n) is 4.35.